The summed E-state index contributed by atoms with van der Waals surface area (Å²) in [4.78, 5) is 13.2. The van der Waals surface area contributed by atoms with Gasteiger partial charge in [0.25, 0.3) is 5.91 Å². The Bertz CT molecular complexity index is 534. The molecule has 1 amide bonds. The van der Waals surface area contributed by atoms with Gasteiger partial charge >= 0.3 is 0 Å². The van der Waals surface area contributed by atoms with E-state index in [4.69, 9.17) is 5.11 Å². The Labute approximate surface area is 123 Å². The molecular formula is C16H19NO2S. The highest BCUT2D eigenvalue weighted by Crippen LogP contribution is 2.44. The van der Waals surface area contributed by atoms with Crippen LogP contribution in [0.25, 0.3) is 0 Å². The van der Waals surface area contributed by atoms with E-state index in [2.05, 4.69) is 17.2 Å². The van der Waals surface area contributed by atoms with Crippen molar-refractivity contribution < 1.29 is 9.90 Å². The summed E-state index contributed by atoms with van der Waals surface area (Å²) in [6.45, 7) is 0.0795. The topological polar surface area (TPSA) is 49.3 Å². The third kappa shape index (κ3) is 3.41. The molecule has 0 aromatic carbocycles. The van der Waals surface area contributed by atoms with Crippen LogP contribution in [0.3, 0.4) is 0 Å². The second-order valence-electron chi connectivity index (χ2n) is 5.65. The number of aliphatic hydroxyl groups is 1. The highest BCUT2D eigenvalue weighted by Gasteiger charge is 2.42. The summed E-state index contributed by atoms with van der Waals surface area (Å²) in [5.74, 6) is 7.33. The SMILES string of the molecule is O=C(NC(C1CC1)C1CC1)c1csc(C#CCCO)c1. The van der Waals surface area contributed by atoms with Gasteiger partial charge in [0.1, 0.15) is 0 Å². The zero-order valence-corrected chi connectivity index (χ0v) is 12.2. The minimum atomic E-state index is 0.0419. The summed E-state index contributed by atoms with van der Waals surface area (Å²) >= 11 is 1.49. The van der Waals surface area contributed by atoms with E-state index in [1.165, 1.54) is 37.0 Å². The van der Waals surface area contributed by atoms with Crippen LogP contribution in [0.4, 0.5) is 0 Å². The first-order valence-corrected chi connectivity index (χ1v) is 8.15. The second kappa shape index (κ2) is 5.99. The van der Waals surface area contributed by atoms with E-state index in [0.717, 1.165) is 10.4 Å². The lowest BCUT2D eigenvalue weighted by molar-refractivity contribution is 0.0927. The van der Waals surface area contributed by atoms with Crippen molar-refractivity contribution in [2.75, 3.05) is 6.61 Å². The highest BCUT2D eigenvalue weighted by atomic mass is 32.1. The molecule has 20 heavy (non-hydrogen) atoms. The predicted octanol–water partition coefficient (Wildman–Crippen LogP) is 2.40. The molecular weight excluding hydrogens is 270 g/mol. The number of hydrogen-bond acceptors (Lipinski definition) is 3. The largest absolute Gasteiger partial charge is 0.395 e. The van der Waals surface area contributed by atoms with E-state index in [-0.39, 0.29) is 12.5 Å². The molecule has 1 aromatic heterocycles. The van der Waals surface area contributed by atoms with Crippen molar-refractivity contribution in [1.29, 1.82) is 0 Å². The number of amides is 1. The number of carbonyl (C=O) groups excluding carboxylic acids is 1. The van der Waals surface area contributed by atoms with Gasteiger partial charge in [-0.25, -0.2) is 0 Å². The van der Waals surface area contributed by atoms with Crippen LogP contribution >= 0.6 is 11.3 Å². The summed E-state index contributed by atoms with van der Waals surface area (Å²) in [7, 11) is 0. The van der Waals surface area contributed by atoms with Crippen LogP contribution in [0.1, 0.15) is 47.3 Å². The zero-order valence-electron chi connectivity index (χ0n) is 11.4. The minimum absolute atomic E-state index is 0.0419. The molecule has 4 heteroatoms. The van der Waals surface area contributed by atoms with Crippen LogP contribution in [-0.2, 0) is 0 Å². The smallest absolute Gasteiger partial charge is 0.252 e. The van der Waals surface area contributed by atoms with Crippen molar-refractivity contribution in [3.05, 3.63) is 21.9 Å². The molecule has 0 saturated heterocycles. The fraction of sp³-hybridized carbons (Fsp3) is 0.562. The summed E-state index contributed by atoms with van der Waals surface area (Å²) in [6, 6.07) is 2.24. The predicted molar refractivity (Wildman–Crippen MR) is 79.6 cm³/mol. The van der Waals surface area contributed by atoms with Gasteiger partial charge in [-0.3, -0.25) is 4.79 Å². The van der Waals surface area contributed by atoms with E-state index in [9.17, 15) is 4.79 Å². The Morgan fingerprint density at radius 2 is 2.10 bits per heavy atom. The molecule has 3 rings (SSSR count). The zero-order chi connectivity index (χ0) is 13.9. The van der Waals surface area contributed by atoms with Crippen molar-refractivity contribution in [2.45, 2.75) is 38.1 Å². The van der Waals surface area contributed by atoms with Crippen molar-refractivity contribution in [2.24, 2.45) is 11.8 Å². The quantitative estimate of drug-likeness (QED) is 0.818. The van der Waals surface area contributed by atoms with Gasteiger partial charge in [0.15, 0.2) is 0 Å². The number of hydrogen-bond donors (Lipinski definition) is 2. The van der Waals surface area contributed by atoms with Crippen molar-refractivity contribution in [3.8, 4) is 11.8 Å². The van der Waals surface area contributed by atoms with Gasteiger partial charge in [0.05, 0.1) is 17.0 Å². The molecule has 106 valence electrons. The van der Waals surface area contributed by atoms with Crippen LogP contribution < -0.4 is 5.32 Å². The average molecular weight is 289 g/mol. The normalized spacial score (nSPS) is 17.7. The maximum atomic E-state index is 12.3. The number of aliphatic hydroxyl groups excluding tert-OH is 1. The molecule has 0 radical (unpaired) electrons. The van der Waals surface area contributed by atoms with Crippen molar-refractivity contribution in [3.63, 3.8) is 0 Å². The molecule has 0 unspecified atom stereocenters. The Kier molecular flexibility index (Phi) is 4.09. The summed E-state index contributed by atoms with van der Waals surface area (Å²) in [5, 5.41) is 13.8. The number of nitrogens with one attached hydrogen (secondary N) is 1. The molecule has 1 heterocycles. The first kappa shape index (κ1) is 13.7. The van der Waals surface area contributed by atoms with E-state index in [0.29, 0.717) is 24.3 Å². The van der Waals surface area contributed by atoms with Crippen molar-refractivity contribution >= 4 is 17.2 Å². The Hall–Kier alpha value is -1.31. The van der Waals surface area contributed by atoms with E-state index in [1.54, 1.807) is 0 Å². The first-order chi connectivity index (χ1) is 9.78. The Morgan fingerprint density at radius 1 is 1.40 bits per heavy atom. The molecule has 2 aliphatic carbocycles. The molecule has 2 fully saturated rings. The third-order valence-corrected chi connectivity index (χ3v) is 4.71. The second-order valence-corrected chi connectivity index (χ2v) is 6.56. The van der Waals surface area contributed by atoms with Crippen LogP contribution in [-0.4, -0.2) is 23.7 Å². The van der Waals surface area contributed by atoms with Gasteiger partial charge in [0, 0.05) is 17.8 Å². The Morgan fingerprint density at radius 3 is 2.70 bits per heavy atom. The molecule has 3 nitrogen and oxygen atoms in total. The third-order valence-electron chi connectivity index (χ3n) is 3.87. The lowest BCUT2D eigenvalue weighted by Gasteiger charge is -2.16. The Balaban J connectivity index is 1.60. The fourth-order valence-electron chi connectivity index (χ4n) is 2.49. The van der Waals surface area contributed by atoms with Gasteiger partial charge in [-0.05, 0) is 43.6 Å². The fourth-order valence-corrected chi connectivity index (χ4v) is 3.25. The average Bonchev–Trinajstić information content (AvgIpc) is 3.35. The lowest BCUT2D eigenvalue weighted by atomic mass is 10.1. The van der Waals surface area contributed by atoms with Gasteiger partial charge < -0.3 is 10.4 Å². The summed E-state index contributed by atoms with van der Waals surface area (Å²) < 4.78 is 0. The van der Waals surface area contributed by atoms with Gasteiger partial charge in [-0.15, -0.1) is 11.3 Å². The number of rotatable bonds is 5. The molecule has 0 aliphatic heterocycles. The molecule has 1 aromatic rings. The maximum absolute atomic E-state index is 12.3. The highest BCUT2D eigenvalue weighted by molar-refractivity contribution is 7.10. The number of thiophene rings is 1. The van der Waals surface area contributed by atoms with Gasteiger partial charge in [0.2, 0.25) is 0 Å². The monoisotopic (exact) mass is 289 g/mol. The maximum Gasteiger partial charge on any atom is 0.252 e. The van der Waals surface area contributed by atoms with E-state index in [1.807, 2.05) is 11.4 Å². The van der Waals surface area contributed by atoms with Crippen molar-refractivity contribution in [1.82, 2.24) is 5.32 Å². The summed E-state index contributed by atoms with van der Waals surface area (Å²) in [6.07, 6.45) is 5.54. The molecule has 2 aliphatic rings. The van der Waals surface area contributed by atoms with Crippen LogP contribution in [0, 0.1) is 23.7 Å². The van der Waals surface area contributed by atoms with Gasteiger partial charge in [-0.1, -0.05) is 11.8 Å². The molecule has 2 N–H and O–H groups in total. The summed E-state index contributed by atoms with van der Waals surface area (Å²) in [5.41, 5.74) is 0.717. The van der Waals surface area contributed by atoms with E-state index >= 15 is 0 Å². The molecule has 0 atom stereocenters. The van der Waals surface area contributed by atoms with E-state index < -0.39 is 0 Å². The molecule has 2 saturated carbocycles. The first-order valence-electron chi connectivity index (χ1n) is 7.27. The lowest BCUT2D eigenvalue weighted by Crippen LogP contribution is -2.37. The van der Waals surface area contributed by atoms with Crippen LogP contribution in [0.5, 0.6) is 0 Å². The van der Waals surface area contributed by atoms with Crippen LogP contribution in [0.15, 0.2) is 11.4 Å². The van der Waals surface area contributed by atoms with Crippen LogP contribution in [0.2, 0.25) is 0 Å². The molecule has 0 bridgehead atoms. The number of carbonyl (C=O) groups is 1. The standard InChI is InChI=1S/C16H19NO2S/c18-8-2-1-3-14-9-13(10-20-14)16(19)17-15(11-4-5-11)12-6-7-12/h9-12,15,18H,2,4-8H2,(H,17,19). The minimum Gasteiger partial charge on any atom is -0.395 e. The molecule has 0 spiro atoms. The van der Waals surface area contributed by atoms with Gasteiger partial charge in [-0.2, -0.15) is 0 Å².